The van der Waals surface area contributed by atoms with E-state index in [4.69, 9.17) is 10.5 Å². The van der Waals surface area contributed by atoms with Crippen molar-refractivity contribution >= 4 is 38.4 Å². The maximum absolute atomic E-state index is 5.60. The summed E-state index contributed by atoms with van der Waals surface area (Å²) in [6.45, 7) is 3.64. The first kappa shape index (κ1) is 20.4. The van der Waals surface area contributed by atoms with E-state index in [9.17, 15) is 0 Å². The number of hydrogen-bond acceptors (Lipinski definition) is 4. The number of rotatable bonds is 5. The van der Waals surface area contributed by atoms with Crippen molar-refractivity contribution in [3.05, 3.63) is 42.1 Å². The van der Waals surface area contributed by atoms with Crippen molar-refractivity contribution in [1.82, 2.24) is 9.97 Å². The highest BCUT2D eigenvalue weighted by Gasteiger charge is 2.13. The lowest BCUT2D eigenvalue weighted by atomic mass is 10.0. The van der Waals surface area contributed by atoms with Gasteiger partial charge in [0.2, 0.25) is 0 Å². The van der Waals surface area contributed by atoms with Crippen molar-refractivity contribution in [3.63, 3.8) is 0 Å². The van der Waals surface area contributed by atoms with E-state index in [-0.39, 0.29) is 11.0 Å². The quantitative estimate of drug-likeness (QED) is 0.464. The molecule has 0 saturated carbocycles. The third kappa shape index (κ3) is 3.40. The Morgan fingerprint density at radius 1 is 1.07 bits per heavy atom. The number of anilines is 1. The van der Waals surface area contributed by atoms with E-state index in [0.29, 0.717) is 6.54 Å². The van der Waals surface area contributed by atoms with Crippen LogP contribution in [0.1, 0.15) is 12.0 Å². The van der Waals surface area contributed by atoms with Gasteiger partial charge in [-0.05, 0) is 61.2 Å². The third-order valence-corrected chi connectivity index (χ3v) is 4.78. The molecular weight excluding hydrogens is 344 g/mol. The van der Waals surface area contributed by atoms with Crippen LogP contribution >= 0.6 is 0 Å². The predicted octanol–water partition coefficient (Wildman–Crippen LogP) is 2.30. The Labute approximate surface area is 157 Å². The first-order chi connectivity index (χ1) is 12.2. The van der Waals surface area contributed by atoms with Crippen LogP contribution in [0.4, 0.5) is 5.82 Å². The second kappa shape index (κ2) is 8.22. The third-order valence-electron chi connectivity index (χ3n) is 4.78. The minimum absolute atomic E-state index is 0. The average molecular weight is 370 g/mol. The van der Waals surface area contributed by atoms with Crippen molar-refractivity contribution in [3.8, 4) is 5.75 Å². The van der Waals surface area contributed by atoms with Crippen LogP contribution in [0.3, 0.4) is 0 Å². The molecular formula is C20H26N4O3. The van der Waals surface area contributed by atoms with E-state index in [2.05, 4.69) is 46.5 Å². The molecule has 0 spiro atoms. The zero-order valence-corrected chi connectivity index (χ0v) is 15.5. The van der Waals surface area contributed by atoms with Gasteiger partial charge in [0.15, 0.2) is 0 Å². The smallest absolute Gasteiger partial charge is 0.133 e. The van der Waals surface area contributed by atoms with Gasteiger partial charge in [-0.15, -0.1) is 0 Å². The number of nitrogens with one attached hydrogen (secondary N) is 2. The van der Waals surface area contributed by atoms with Gasteiger partial charge in [-0.2, -0.15) is 0 Å². The molecule has 0 aliphatic rings. The summed E-state index contributed by atoms with van der Waals surface area (Å²) in [5, 5.41) is 8.11. The second-order valence-electron chi connectivity index (χ2n) is 6.28. The van der Waals surface area contributed by atoms with Gasteiger partial charge in [0.25, 0.3) is 0 Å². The number of hydrogen-bond donors (Lipinski definition) is 3. The lowest BCUT2D eigenvalue weighted by Gasteiger charge is -2.11. The molecule has 0 radical (unpaired) electrons. The number of ether oxygens (including phenoxy) is 1. The minimum Gasteiger partial charge on any atom is -0.497 e. The van der Waals surface area contributed by atoms with Crippen molar-refractivity contribution in [2.75, 3.05) is 25.5 Å². The van der Waals surface area contributed by atoms with Crippen LogP contribution in [-0.4, -0.2) is 41.1 Å². The van der Waals surface area contributed by atoms with Gasteiger partial charge in [0, 0.05) is 34.4 Å². The monoisotopic (exact) mass is 370 g/mol. The Balaban J connectivity index is 0.00000131. The molecule has 144 valence electrons. The fraction of sp³-hybridized carbons (Fsp3) is 0.250. The minimum atomic E-state index is 0. The lowest BCUT2D eigenvalue weighted by Crippen LogP contribution is -2.09. The fourth-order valence-corrected chi connectivity index (χ4v) is 3.44. The summed E-state index contributed by atoms with van der Waals surface area (Å²) < 4.78 is 5.40. The first-order valence-corrected chi connectivity index (χ1v) is 8.54. The van der Waals surface area contributed by atoms with Gasteiger partial charge >= 0.3 is 0 Å². The van der Waals surface area contributed by atoms with Crippen molar-refractivity contribution in [2.24, 2.45) is 5.73 Å². The summed E-state index contributed by atoms with van der Waals surface area (Å²) in [5.74, 6) is 1.77. The SMILES string of the molecule is COc1ccc2[nH]c3c(C)c4ccnc(NCCCN)c4cc3c2c1.O.O. The molecule has 0 aliphatic heterocycles. The van der Waals surface area contributed by atoms with Crippen molar-refractivity contribution in [2.45, 2.75) is 13.3 Å². The number of aromatic nitrogens is 2. The zero-order chi connectivity index (χ0) is 17.4. The summed E-state index contributed by atoms with van der Waals surface area (Å²) in [6.07, 6.45) is 2.78. The highest BCUT2D eigenvalue weighted by molar-refractivity contribution is 6.15. The number of aromatic amines is 1. The van der Waals surface area contributed by atoms with Gasteiger partial charge in [-0.1, -0.05) is 0 Å². The summed E-state index contributed by atoms with van der Waals surface area (Å²) in [4.78, 5) is 8.09. The Bertz CT molecular complexity index is 1080. The van der Waals surface area contributed by atoms with Crippen LogP contribution in [-0.2, 0) is 0 Å². The van der Waals surface area contributed by atoms with Crippen molar-refractivity contribution in [1.29, 1.82) is 0 Å². The zero-order valence-electron chi connectivity index (χ0n) is 15.5. The Kier molecular flexibility index (Phi) is 6.22. The summed E-state index contributed by atoms with van der Waals surface area (Å²) >= 11 is 0. The molecule has 7 nitrogen and oxygen atoms in total. The van der Waals surface area contributed by atoms with Crippen LogP contribution < -0.4 is 15.8 Å². The highest BCUT2D eigenvalue weighted by Crippen LogP contribution is 2.36. The highest BCUT2D eigenvalue weighted by atomic mass is 16.5. The molecule has 0 aliphatic carbocycles. The first-order valence-electron chi connectivity index (χ1n) is 8.54. The van der Waals surface area contributed by atoms with Gasteiger partial charge in [0.05, 0.1) is 12.6 Å². The molecule has 0 bridgehead atoms. The van der Waals surface area contributed by atoms with E-state index in [1.165, 1.54) is 16.3 Å². The van der Waals surface area contributed by atoms with Crippen LogP contribution in [0.5, 0.6) is 5.75 Å². The molecule has 2 aromatic heterocycles. The van der Waals surface area contributed by atoms with Crippen LogP contribution in [0.2, 0.25) is 0 Å². The Hall–Kier alpha value is -2.87. The molecule has 27 heavy (non-hydrogen) atoms. The standard InChI is InChI=1S/C20H22N4O.2H2O/c1-12-14-6-9-23-20(22-8-3-7-21)17(14)11-16-15-10-13(25-2)4-5-18(15)24-19(12)16;;/h4-6,9-11,24H,3,7-8,21H2,1-2H3,(H,22,23);2*1H2. The predicted molar refractivity (Wildman–Crippen MR) is 112 cm³/mol. The van der Waals surface area contributed by atoms with Crippen LogP contribution in [0, 0.1) is 6.92 Å². The van der Waals surface area contributed by atoms with E-state index in [1.54, 1.807) is 7.11 Å². The molecule has 7 heteroatoms. The average Bonchev–Trinajstić information content (AvgIpc) is 3.01. The van der Waals surface area contributed by atoms with Gasteiger partial charge in [-0.3, -0.25) is 0 Å². The van der Waals surface area contributed by atoms with Gasteiger partial charge < -0.3 is 31.7 Å². The number of H-pyrrole nitrogens is 1. The normalized spacial score (nSPS) is 10.6. The number of aryl methyl sites for hydroxylation is 1. The van der Waals surface area contributed by atoms with Crippen LogP contribution in [0.25, 0.3) is 32.6 Å². The molecule has 0 fully saturated rings. The molecule has 0 amide bonds. The summed E-state index contributed by atoms with van der Waals surface area (Å²) in [5.41, 5.74) is 9.10. The molecule has 4 rings (SSSR count). The largest absolute Gasteiger partial charge is 0.497 e. The number of nitrogens with zero attached hydrogens (tertiary/aromatic N) is 1. The van der Waals surface area contributed by atoms with E-state index < -0.39 is 0 Å². The second-order valence-corrected chi connectivity index (χ2v) is 6.28. The molecule has 0 saturated heterocycles. The molecule has 4 aromatic rings. The van der Waals surface area contributed by atoms with E-state index >= 15 is 0 Å². The number of benzene rings is 2. The van der Waals surface area contributed by atoms with Crippen LogP contribution in [0.15, 0.2) is 36.5 Å². The van der Waals surface area contributed by atoms with E-state index in [1.807, 2.05) is 12.3 Å². The maximum atomic E-state index is 5.60. The topological polar surface area (TPSA) is 139 Å². The molecule has 0 atom stereocenters. The molecule has 2 aromatic carbocycles. The number of nitrogens with two attached hydrogens (primary N) is 1. The van der Waals surface area contributed by atoms with Crippen molar-refractivity contribution < 1.29 is 15.7 Å². The fourth-order valence-electron chi connectivity index (χ4n) is 3.44. The Morgan fingerprint density at radius 2 is 1.89 bits per heavy atom. The number of pyridine rings is 1. The van der Waals surface area contributed by atoms with E-state index in [0.717, 1.165) is 46.3 Å². The number of methoxy groups -OCH3 is 1. The maximum Gasteiger partial charge on any atom is 0.133 e. The Morgan fingerprint density at radius 3 is 2.63 bits per heavy atom. The molecule has 2 heterocycles. The summed E-state index contributed by atoms with van der Waals surface area (Å²) in [6, 6.07) is 10.4. The summed E-state index contributed by atoms with van der Waals surface area (Å²) in [7, 11) is 1.69. The number of fused-ring (bicyclic) bond motifs is 4. The lowest BCUT2D eigenvalue weighted by molar-refractivity contribution is 0.415. The van der Waals surface area contributed by atoms with Gasteiger partial charge in [0.1, 0.15) is 11.6 Å². The molecule has 0 unspecified atom stereocenters. The molecule has 8 N–H and O–H groups in total. The van der Waals surface area contributed by atoms with Gasteiger partial charge in [-0.25, -0.2) is 4.98 Å².